The third kappa shape index (κ3) is 3.78. The van der Waals surface area contributed by atoms with E-state index in [9.17, 15) is 13.2 Å². The summed E-state index contributed by atoms with van der Waals surface area (Å²) in [6, 6.07) is 6.58. The van der Waals surface area contributed by atoms with Gasteiger partial charge in [0.05, 0.1) is 4.90 Å². The van der Waals surface area contributed by atoms with Gasteiger partial charge in [-0.2, -0.15) is 4.72 Å². The van der Waals surface area contributed by atoms with Gasteiger partial charge in [-0.05, 0) is 37.1 Å². The molecule has 7 heteroatoms. The van der Waals surface area contributed by atoms with Crippen molar-refractivity contribution < 1.29 is 17.9 Å². The van der Waals surface area contributed by atoms with Crippen molar-refractivity contribution in [1.29, 1.82) is 0 Å². The number of carbonyl (C=O) groups excluding carboxylic acids is 1. The highest BCUT2D eigenvalue weighted by atomic mass is 32.2. The fourth-order valence-corrected chi connectivity index (χ4v) is 4.04. The maximum absolute atomic E-state index is 12.5. The summed E-state index contributed by atoms with van der Waals surface area (Å²) in [6.07, 6.45) is 3.68. The molecule has 0 saturated heterocycles. The Hall–Kier alpha value is -1.60. The van der Waals surface area contributed by atoms with Gasteiger partial charge >= 0.3 is 0 Å². The van der Waals surface area contributed by atoms with Crippen molar-refractivity contribution >= 4 is 22.2 Å². The Labute approximate surface area is 131 Å². The minimum Gasteiger partial charge on any atom is -0.445 e. The molecule has 0 radical (unpaired) electrons. The molecule has 1 aliphatic rings. The second kappa shape index (κ2) is 6.66. The van der Waals surface area contributed by atoms with Crippen LogP contribution in [0.5, 0.6) is 0 Å². The standard InChI is InChI=1S/C15H22N2O4S/c1-17(2)13-6-8-14(9-7-13)22(19,20)16-15(21-12-18)10-4-3-5-11-15/h6-9,12,16H,3-5,10-11H2,1-2H3. The molecule has 0 amide bonds. The Balaban J connectivity index is 2.23. The van der Waals surface area contributed by atoms with E-state index in [0.717, 1.165) is 24.9 Å². The molecule has 0 aromatic heterocycles. The summed E-state index contributed by atoms with van der Waals surface area (Å²) in [7, 11) is 0.0358. The second-order valence-corrected chi connectivity index (χ2v) is 7.45. The molecule has 0 heterocycles. The smallest absolute Gasteiger partial charge is 0.294 e. The van der Waals surface area contributed by atoms with Crippen LogP contribution in [0.1, 0.15) is 32.1 Å². The minimum atomic E-state index is -3.74. The van der Waals surface area contributed by atoms with E-state index in [-0.39, 0.29) is 4.90 Å². The maximum Gasteiger partial charge on any atom is 0.294 e. The fourth-order valence-electron chi connectivity index (χ4n) is 2.69. The summed E-state index contributed by atoms with van der Waals surface area (Å²) in [5.41, 5.74) is -0.200. The number of hydrogen-bond acceptors (Lipinski definition) is 5. The van der Waals surface area contributed by atoms with Gasteiger partial charge in [0.25, 0.3) is 6.47 Å². The van der Waals surface area contributed by atoms with E-state index in [1.165, 1.54) is 0 Å². The number of sulfonamides is 1. The highest BCUT2D eigenvalue weighted by molar-refractivity contribution is 7.89. The van der Waals surface area contributed by atoms with Crippen molar-refractivity contribution in [2.45, 2.75) is 42.7 Å². The van der Waals surface area contributed by atoms with Gasteiger partial charge in [-0.25, -0.2) is 8.42 Å². The number of carbonyl (C=O) groups is 1. The first kappa shape index (κ1) is 16.8. The van der Waals surface area contributed by atoms with Crippen molar-refractivity contribution in [2.75, 3.05) is 19.0 Å². The molecule has 0 spiro atoms. The van der Waals surface area contributed by atoms with Crippen LogP contribution in [-0.4, -0.2) is 34.7 Å². The van der Waals surface area contributed by atoms with Crippen LogP contribution in [0.2, 0.25) is 0 Å². The predicted molar refractivity (Wildman–Crippen MR) is 84.1 cm³/mol. The summed E-state index contributed by atoms with van der Waals surface area (Å²) in [4.78, 5) is 12.8. The molecule has 0 bridgehead atoms. The number of rotatable bonds is 6. The number of ether oxygens (including phenoxy) is 1. The summed E-state index contributed by atoms with van der Waals surface area (Å²) in [5.74, 6) is 0. The van der Waals surface area contributed by atoms with E-state index in [2.05, 4.69) is 4.72 Å². The molecule has 1 fully saturated rings. The molecule has 22 heavy (non-hydrogen) atoms. The largest absolute Gasteiger partial charge is 0.445 e. The Morgan fingerprint density at radius 1 is 1.14 bits per heavy atom. The normalized spacial score (nSPS) is 17.7. The van der Waals surface area contributed by atoms with Crippen molar-refractivity contribution in [2.24, 2.45) is 0 Å². The zero-order valence-corrected chi connectivity index (χ0v) is 13.7. The molecular formula is C15H22N2O4S. The zero-order chi connectivity index (χ0) is 16.2. The van der Waals surface area contributed by atoms with Gasteiger partial charge in [0, 0.05) is 32.6 Å². The zero-order valence-electron chi connectivity index (χ0n) is 12.9. The van der Waals surface area contributed by atoms with E-state index in [4.69, 9.17) is 4.74 Å². The van der Waals surface area contributed by atoms with E-state index in [1.54, 1.807) is 24.3 Å². The van der Waals surface area contributed by atoms with Gasteiger partial charge in [-0.15, -0.1) is 0 Å². The first-order valence-corrected chi connectivity index (χ1v) is 8.80. The Kier molecular flexibility index (Phi) is 5.08. The highest BCUT2D eigenvalue weighted by Crippen LogP contribution is 2.30. The topological polar surface area (TPSA) is 75.7 Å². The van der Waals surface area contributed by atoms with Crippen LogP contribution >= 0.6 is 0 Å². The lowest BCUT2D eigenvalue weighted by Crippen LogP contribution is -2.51. The Morgan fingerprint density at radius 2 is 1.73 bits per heavy atom. The second-order valence-electron chi connectivity index (χ2n) is 5.76. The molecule has 1 N–H and O–H groups in total. The number of hydrogen-bond donors (Lipinski definition) is 1. The lowest BCUT2D eigenvalue weighted by atomic mass is 9.92. The highest BCUT2D eigenvalue weighted by Gasteiger charge is 2.38. The van der Waals surface area contributed by atoms with Crippen LogP contribution in [0, 0.1) is 0 Å². The lowest BCUT2D eigenvalue weighted by Gasteiger charge is -2.35. The molecule has 122 valence electrons. The minimum absolute atomic E-state index is 0.164. The van der Waals surface area contributed by atoms with Gasteiger partial charge in [0.1, 0.15) is 0 Å². The molecule has 0 aliphatic heterocycles. The maximum atomic E-state index is 12.5. The average molecular weight is 326 g/mol. The Morgan fingerprint density at radius 3 is 2.23 bits per heavy atom. The van der Waals surface area contributed by atoms with Crippen LogP contribution in [0.25, 0.3) is 0 Å². The third-order valence-corrected chi connectivity index (χ3v) is 5.45. The monoisotopic (exact) mass is 326 g/mol. The van der Waals surface area contributed by atoms with Crippen molar-refractivity contribution in [3.8, 4) is 0 Å². The average Bonchev–Trinajstić information content (AvgIpc) is 2.48. The molecule has 1 aromatic rings. The quantitative estimate of drug-likeness (QED) is 0.638. The molecule has 1 saturated carbocycles. The summed E-state index contributed by atoms with van der Waals surface area (Å²) in [6.45, 7) is 0.322. The van der Waals surface area contributed by atoms with Gasteiger partial charge < -0.3 is 9.64 Å². The van der Waals surface area contributed by atoms with Crippen molar-refractivity contribution in [1.82, 2.24) is 4.72 Å². The number of benzene rings is 1. The van der Waals surface area contributed by atoms with E-state index in [1.807, 2.05) is 19.0 Å². The van der Waals surface area contributed by atoms with Crippen LogP contribution in [0.15, 0.2) is 29.2 Å². The summed E-state index contributed by atoms with van der Waals surface area (Å²) >= 11 is 0. The van der Waals surface area contributed by atoms with Crippen molar-refractivity contribution in [3.63, 3.8) is 0 Å². The van der Waals surface area contributed by atoms with Gasteiger partial charge in [0.15, 0.2) is 5.72 Å². The number of nitrogens with zero attached hydrogens (tertiary/aromatic N) is 1. The van der Waals surface area contributed by atoms with E-state index >= 15 is 0 Å². The predicted octanol–water partition coefficient (Wildman–Crippen LogP) is 1.86. The van der Waals surface area contributed by atoms with Crippen LogP contribution in [-0.2, 0) is 19.6 Å². The van der Waals surface area contributed by atoms with Gasteiger partial charge in [-0.3, -0.25) is 4.79 Å². The lowest BCUT2D eigenvalue weighted by molar-refractivity contribution is -0.148. The van der Waals surface area contributed by atoms with Gasteiger partial charge in [0.2, 0.25) is 10.0 Å². The molecule has 0 unspecified atom stereocenters. The Bertz CT molecular complexity index is 605. The molecule has 1 aromatic carbocycles. The molecule has 2 rings (SSSR count). The third-order valence-electron chi connectivity index (χ3n) is 3.92. The first-order valence-electron chi connectivity index (χ1n) is 7.31. The first-order chi connectivity index (χ1) is 10.4. The van der Waals surface area contributed by atoms with Crippen LogP contribution in [0.3, 0.4) is 0 Å². The van der Waals surface area contributed by atoms with Crippen LogP contribution < -0.4 is 9.62 Å². The van der Waals surface area contributed by atoms with E-state index in [0.29, 0.717) is 19.3 Å². The fraction of sp³-hybridized carbons (Fsp3) is 0.533. The van der Waals surface area contributed by atoms with E-state index < -0.39 is 15.7 Å². The molecule has 6 nitrogen and oxygen atoms in total. The van der Waals surface area contributed by atoms with Gasteiger partial charge in [-0.1, -0.05) is 6.42 Å². The number of anilines is 1. The van der Waals surface area contributed by atoms with Crippen molar-refractivity contribution in [3.05, 3.63) is 24.3 Å². The number of nitrogens with one attached hydrogen (secondary N) is 1. The SMILES string of the molecule is CN(C)c1ccc(S(=O)(=O)NC2(OC=O)CCCCC2)cc1. The molecule has 1 aliphatic carbocycles. The van der Waals surface area contributed by atoms with Crippen LogP contribution in [0.4, 0.5) is 5.69 Å². The molecule has 0 atom stereocenters. The summed E-state index contributed by atoms with van der Waals surface area (Å²) < 4.78 is 32.8. The summed E-state index contributed by atoms with van der Waals surface area (Å²) in [5, 5.41) is 0. The molecular weight excluding hydrogens is 304 g/mol.